The van der Waals surface area contributed by atoms with Gasteiger partial charge in [-0.2, -0.15) is 0 Å². The summed E-state index contributed by atoms with van der Waals surface area (Å²) in [6.45, 7) is 3.56. The molecule has 1 saturated heterocycles. The van der Waals surface area contributed by atoms with Gasteiger partial charge < -0.3 is 10.2 Å². The number of rotatable bonds is 6. The Labute approximate surface area is 193 Å². The van der Waals surface area contributed by atoms with Crippen LogP contribution in [0.5, 0.6) is 0 Å². The van der Waals surface area contributed by atoms with Gasteiger partial charge in [0.1, 0.15) is 0 Å². The summed E-state index contributed by atoms with van der Waals surface area (Å²) in [7, 11) is -3.81. The van der Waals surface area contributed by atoms with Gasteiger partial charge in [0.2, 0.25) is 11.8 Å². The highest BCUT2D eigenvalue weighted by molar-refractivity contribution is 7.99. The molecule has 2 heterocycles. The first-order valence-electron chi connectivity index (χ1n) is 10.8. The number of benzene rings is 2. The lowest BCUT2D eigenvalue weighted by molar-refractivity contribution is -0.133. The summed E-state index contributed by atoms with van der Waals surface area (Å²) >= 11 is 1.46. The molecule has 0 bridgehead atoms. The molecule has 7 nitrogen and oxygen atoms in total. The van der Waals surface area contributed by atoms with Crippen molar-refractivity contribution in [2.45, 2.75) is 42.4 Å². The van der Waals surface area contributed by atoms with Crippen LogP contribution in [0.1, 0.15) is 31.7 Å². The molecule has 0 spiro atoms. The summed E-state index contributed by atoms with van der Waals surface area (Å²) in [6, 6.07) is 12.0. The number of fused-ring (bicyclic) bond motifs is 1. The zero-order valence-corrected chi connectivity index (χ0v) is 19.6. The Balaban J connectivity index is 1.48. The highest BCUT2D eigenvalue weighted by Crippen LogP contribution is 2.35. The molecular weight excluding hydrogens is 446 g/mol. The SMILES string of the molecule is CCc1ccc(NS(=O)(=O)c2ccc3c(c2)NC(=O)[C@@H](CC(=O)N2CCCC2)CS3)cc1. The predicted octanol–water partition coefficient (Wildman–Crippen LogP) is 3.72. The smallest absolute Gasteiger partial charge is 0.261 e. The zero-order valence-electron chi connectivity index (χ0n) is 18.0. The van der Waals surface area contributed by atoms with E-state index in [0.29, 0.717) is 17.1 Å². The van der Waals surface area contributed by atoms with Gasteiger partial charge in [0, 0.05) is 35.8 Å². The maximum atomic E-state index is 12.9. The quantitative estimate of drug-likeness (QED) is 0.667. The van der Waals surface area contributed by atoms with Crippen molar-refractivity contribution in [1.29, 1.82) is 0 Å². The average molecular weight is 474 g/mol. The predicted molar refractivity (Wildman–Crippen MR) is 126 cm³/mol. The zero-order chi connectivity index (χ0) is 22.7. The van der Waals surface area contributed by atoms with Crippen molar-refractivity contribution in [3.8, 4) is 0 Å². The molecule has 1 atom stereocenters. The van der Waals surface area contributed by atoms with Gasteiger partial charge in [-0.3, -0.25) is 14.3 Å². The van der Waals surface area contributed by atoms with E-state index in [1.54, 1.807) is 18.2 Å². The molecule has 0 radical (unpaired) electrons. The number of amides is 2. The maximum absolute atomic E-state index is 12.9. The molecule has 9 heteroatoms. The molecule has 2 aliphatic rings. The summed E-state index contributed by atoms with van der Waals surface area (Å²) < 4.78 is 28.4. The third kappa shape index (κ3) is 5.10. The fourth-order valence-electron chi connectivity index (χ4n) is 3.88. The van der Waals surface area contributed by atoms with Crippen molar-refractivity contribution in [1.82, 2.24) is 4.90 Å². The Kier molecular flexibility index (Phi) is 6.76. The van der Waals surface area contributed by atoms with Crippen LogP contribution < -0.4 is 10.0 Å². The van der Waals surface area contributed by atoms with Crippen molar-refractivity contribution < 1.29 is 18.0 Å². The number of hydrogen-bond acceptors (Lipinski definition) is 5. The van der Waals surface area contributed by atoms with Gasteiger partial charge in [-0.15, -0.1) is 11.8 Å². The Morgan fingerprint density at radius 3 is 2.56 bits per heavy atom. The Morgan fingerprint density at radius 1 is 1.16 bits per heavy atom. The molecule has 2 aromatic carbocycles. The first-order chi connectivity index (χ1) is 15.4. The molecule has 2 N–H and O–H groups in total. The van der Waals surface area contributed by atoms with Crippen LogP contribution in [0.25, 0.3) is 0 Å². The summed E-state index contributed by atoms with van der Waals surface area (Å²) in [5, 5.41) is 2.84. The maximum Gasteiger partial charge on any atom is 0.261 e. The molecule has 1 fully saturated rings. The van der Waals surface area contributed by atoms with Gasteiger partial charge >= 0.3 is 0 Å². The van der Waals surface area contributed by atoms with Crippen molar-refractivity contribution in [2.24, 2.45) is 5.92 Å². The second-order valence-electron chi connectivity index (χ2n) is 8.10. The molecule has 32 heavy (non-hydrogen) atoms. The molecule has 0 aliphatic carbocycles. The van der Waals surface area contributed by atoms with E-state index < -0.39 is 15.9 Å². The molecule has 2 aliphatic heterocycles. The summed E-state index contributed by atoms with van der Waals surface area (Å²) in [6.07, 6.45) is 3.07. The summed E-state index contributed by atoms with van der Waals surface area (Å²) in [4.78, 5) is 28.0. The number of anilines is 2. The first kappa shape index (κ1) is 22.7. The highest BCUT2D eigenvalue weighted by Gasteiger charge is 2.30. The van der Waals surface area contributed by atoms with E-state index in [0.717, 1.165) is 42.8 Å². The Bertz CT molecular complexity index is 1110. The van der Waals surface area contributed by atoms with Crippen LogP contribution in [0, 0.1) is 5.92 Å². The number of carbonyl (C=O) groups excluding carboxylic acids is 2. The molecule has 170 valence electrons. The van der Waals surface area contributed by atoms with Gasteiger partial charge in [-0.1, -0.05) is 19.1 Å². The van der Waals surface area contributed by atoms with Crippen molar-refractivity contribution in [3.63, 3.8) is 0 Å². The Hall–Kier alpha value is -2.52. The molecule has 4 rings (SSSR count). The number of nitrogens with zero attached hydrogens (tertiary/aromatic N) is 1. The van der Waals surface area contributed by atoms with Crippen molar-refractivity contribution in [2.75, 3.05) is 28.9 Å². The standard InChI is InChI=1S/C23H27N3O4S2/c1-2-16-5-7-18(8-6-16)25-32(29,30)19-9-10-21-20(14-19)24-23(28)17(15-31-21)13-22(27)26-11-3-4-12-26/h5-10,14,17,25H,2-4,11-13,15H2,1H3,(H,24,28)/t17-/m0/s1. The van der Waals surface area contributed by atoms with E-state index in [9.17, 15) is 18.0 Å². The highest BCUT2D eigenvalue weighted by atomic mass is 32.2. The van der Waals surface area contributed by atoms with E-state index in [-0.39, 0.29) is 23.1 Å². The van der Waals surface area contributed by atoms with E-state index in [4.69, 9.17) is 0 Å². The molecule has 0 unspecified atom stereocenters. The molecule has 0 aromatic heterocycles. The van der Waals surface area contributed by atoms with Gasteiger partial charge in [0.25, 0.3) is 10.0 Å². The number of sulfonamides is 1. The third-order valence-corrected chi connectivity index (χ3v) is 8.44. The fourth-order valence-corrected chi connectivity index (χ4v) is 6.05. The number of nitrogens with one attached hydrogen (secondary N) is 2. The van der Waals surface area contributed by atoms with Crippen LogP contribution in [0.15, 0.2) is 52.3 Å². The van der Waals surface area contributed by atoms with Crippen LogP contribution in [-0.2, 0) is 26.0 Å². The number of thioether (sulfide) groups is 1. The van der Waals surface area contributed by atoms with Crippen LogP contribution in [0.4, 0.5) is 11.4 Å². The normalized spacial score (nSPS) is 18.6. The number of carbonyl (C=O) groups is 2. The van der Waals surface area contributed by atoms with Crippen molar-refractivity contribution >= 4 is 45.0 Å². The minimum atomic E-state index is -3.81. The number of hydrogen-bond donors (Lipinski definition) is 2. The minimum Gasteiger partial charge on any atom is -0.343 e. The molecule has 0 saturated carbocycles. The van der Waals surface area contributed by atoms with Gasteiger partial charge in [0.05, 0.1) is 16.5 Å². The number of aryl methyl sites for hydroxylation is 1. The second-order valence-corrected chi connectivity index (χ2v) is 10.8. The largest absolute Gasteiger partial charge is 0.343 e. The molecular formula is C23H27N3O4S2. The lowest BCUT2D eigenvalue weighted by Gasteiger charge is -2.18. The first-order valence-corrected chi connectivity index (χ1v) is 13.3. The lowest BCUT2D eigenvalue weighted by atomic mass is 10.1. The van der Waals surface area contributed by atoms with E-state index >= 15 is 0 Å². The van der Waals surface area contributed by atoms with Crippen LogP contribution in [0.3, 0.4) is 0 Å². The van der Waals surface area contributed by atoms with Crippen molar-refractivity contribution in [3.05, 3.63) is 48.0 Å². The molecule has 2 amide bonds. The Morgan fingerprint density at radius 2 is 1.88 bits per heavy atom. The summed E-state index contributed by atoms with van der Waals surface area (Å²) in [5.74, 6) is -0.208. The summed E-state index contributed by atoms with van der Waals surface area (Å²) in [5.41, 5.74) is 2.06. The van der Waals surface area contributed by atoms with Gasteiger partial charge in [-0.05, 0) is 55.2 Å². The average Bonchev–Trinajstić information content (AvgIpc) is 3.27. The second kappa shape index (κ2) is 9.54. The minimum absolute atomic E-state index is 0.00997. The number of likely N-dealkylation sites (tertiary alicyclic amines) is 1. The topological polar surface area (TPSA) is 95.6 Å². The lowest BCUT2D eigenvalue weighted by Crippen LogP contribution is -2.33. The van der Waals surface area contributed by atoms with Crippen LogP contribution >= 0.6 is 11.8 Å². The van der Waals surface area contributed by atoms with Gasteiger partial charge in [-0.25, -0.2) is 8.42 Å². The fraction of sp³-hybridized carbons (Fsp3) is 0.391. The molecule has 2 aromatic rings. The van der Waals surface area contributed by atoms with Crippen LogP contribution in [-0.4, -0.2) is 44.0 Å². The van der Waals surface area contributed by atoms with E-state index in [1.165, 1.54) is 23.9 Å². The monoisotopic (exact) mass is 473 g/mol. The van der Waals surface area contributed by atoms with Gasteiger partial charge in [0.15, 0.2) is 0 Å². The third-order valence-electron chi connectivity index (χ3n) is 5.82. The van der Waals surface area contributed by atoms with E-state index in [2.05, 4.69) is 10.0 Å². The van der Waals surface area contributed by atoms with Crippen LogP contribution in [0.2, 0.25) is 0 Å². The van der Waals surface area contributed by atoms with E-state index in [1.807, 2.05) is 24.0 Å².